The zero-order chi connectivity index (χ0) is 13.2. The lowest BCUT2D eigenvalue weighted by Crippen LogP contribution is -2.48. The number of carbonyl (C=O) groups excluding carboxylic acids is 1. The van der Waals surface area contributed by atoms with Gasteiger partial charge in [-0.1, -0.05) is 26.0 Å². The fourth-order valence-corrected chi connectivity index (χ4v) is 2.31. The van der Waals surface area contributed by atoms with Gasteiger partial charge in [0, 0.05) is 17.6 Å². The summed E-state index contributed by atoms with van der Waals surface area (Å²) in [5.41, 5.74) is 7.93. The summed E-state index contributed by atoms with van der Waals surface area (Å²) in [4.78, 5) is 11.9. The van der Waals surface area contributed by atoms with Crippen molar-refractivity contribution in [2.24, 2.45) is 5.73 Å². The lowest BCUT2D eigenvalue weighted by Gasteiger charge is -2.37. The molecule has 1 aliphatic rings. The van der Waals surface area contributed by atoms with Crippen molar-refractivity contribution in [1.29, 1.82) is 0 Å². The number of benzene rings is 1. The number of rotatable bonds is 4. The number of hydrogen-bond donors (Lipinski definition) is 2. The first-order chi connectivity index (χ1) is 8.48. The van der Waals surface area contributed by atoms with Crippen LogP contribution in [0.5, 0.6) is 0 Å². The van der Waals surface area contributed by atoms with Gasteiger partial charge in [0.15, 0.2) is 0 Å². The number of carbonyl (C=O) groups is 1. The van der Waals surface area contributed by atoms with Crippen LogP contribution in [0.3, 0.4) is 0 Å². The number of nitrogens with two attached hydrogens (primary N) is 1. The molecule has 1 aliphatic carbocycles. The van der Waals surface area contributed by atoms with E-state index in [-0.39, 0.29) is 11.4 Å². The molecule has 3 heteroatoms. The number of anilines is 1. The molecule has 1 fully saturated rings. The smallest absolute Gasteiger partial charge is 0.226 e. The van der Waals surface area contributed by atoms with Crippen LogP contribution in [0.15, 0.2) is 24.3 Å². The monoisotopic (exact) mass is 246 g/mol. The van der Waals surface area contributed by atoms with E-state index in [0.717, 1.165) is 24.9 Å². The fraction of sp³-hybridized carbons (Fsp3) is 0.533. The fourth-order valence-electron chi connectivity index (χ4n) is 2.31. The van der Waals surface area contributed by atoms with Crippen molar-refractivity contribution in [3.05, 3.63) is 29.8 Å². The number of nitrogens with one attached hydrogen (secondary N) is 1. The highest BCUT2D eigenvalue weighted by atomic mass is 16.1. The zero-order valence-corrected chi connectivity index (χ0v) is 11.2. The first kappa shape index (κ1) is 13.1. The van der Waals surface area contributed by atoms with Crippen LogP contribution in [-0.2, 0) is 4.79 Å². The Balaban J connectivity index is 1.96. The summed E-state index contributed by atoms with van der Waals surface area (Å²) in [6.45, 7) is 4.29. The standard InChI is InChI=1S/C15H22N2O/c1-11(2)12-5-3-6-13(9-12)17-14(18)10-15(16)7-4-8-15/h3,5-6,9,11H,4,7-8,10,16H2,1-2H3,(H,17,18). The molecule has 3 N–H and O–H groups in total. The Morgan fingerprint density at radius 2 is 2.17 bits per heavy atom. The Morgan fingerprint density at radius 3 is 2.72 bits per heavy atom. The van der Waals surface area contributed by atoms with Gasteiger partial charge in [-0.25, -0.2) is 0 Å². The molecule has 0 atom stereocenters. The minimum absolute atomic E-state index is 0.0260. The van der Waals surface area contributed by atoms with E-state index < -0.39 is 0 Å². The molecule has 98 valence electrons. The third-order valence-electron chi connectivity index (χ3n) is 3.70. The predicted molar refractivity (Wildman–Crippen MR) is 74.5 cm³/mol. The molecule has 0 spiro atoms. The lowest BCUT2D eigenvalue weighted by molar-refractivity contribution is -0.118. The van der Waals surface area contributed by atoms with E-state index in [0.29, 0.717) is 12.3 Å². The average Bonchev–Trinajstić information content (AvgIpc) is 2.27. The maximum atomic E-state index is 11.9. The largest absolute Gasteiger partial charge is 0.326 e. The van der Waals surface area contributed by atoms with E-state index in [1.54, 1.807) is 0 Å². The molecule has 0 saturated heterocycles. The van der Waals surface area contributed by atoms with Crippen LogP contribution in [-0.4, -0.2) is 11.4 Å². The molecule has 0 aromatic heterocycles. The molecule has 2 rings (SSSR count). The van der Waals surface area contributed by atoms with Crippen LogP contribution in [0.25, 0.3) is 0 Å². The molecule has 0 heterocycles. The molecular formula is C15H22N2O. The van der Waals surface area contributed by atoms with Crippen LogP contribution >= 0.6 is 0 Å². The lowest BCUT2D eigenvalue weighted by atomic mass is 9.75. The molecular weight excluding hydrogens is 224 g/mol. The SMILES string of the molecule is CC(C)c1cccc(NC(=O)CC2(N)CCC2)c1. The van der Waals surface area contributed by atoms with Gasteiger partial charge in [-0.2, -0.15) is 0 Å². The Morgan fingerprint density at radius 1 is 1.44 bits per heavy atom. The van der Waals surface area contributed by atoms with E-state index in [4.69, 9.17) is 5.73 Å². The molecule has 1 aromatic rings. The minimum Gasteiger partial charge on any atom is -0.326 e. The average molecular weight is 246 g/mol. The van der Waals surface area contributed by atoms with E-state index in [1.807, 2.05) is 18.2 Å². The molecule has 1 saturated carbocycles. The molecule has 1 amide bonds. The van der Waals surface area contributed by atoms with E-state index >= 15 is 0 Å². The second-order valence-corrected chi connectivity index (χ2v) is 5.72. The highest BCUT2D eigenvalue weighted by molar-refractivity contribution is 5.91. The van der Waals surface area contributed by atoms with E-state index in [2.05, 4.69) is 25.2 Å². The van der Waals surface area contributed by atoms with Gasteiger partial charge in [-0.05, 0) is 42.9 Å². The Labute approximate surface area is 109 Å². The Kier molecular flexibility index (Phi) is 3.71. The highest BCUT2D eigenvalue weighted by Gasteiger charge is 2.34. The van der Waals surface area contributed by atoms with Gasteiger partial charge in [0.2, 0.25) is 5.91 Å². The summed E-state index contributed by atoms with van der Waals surface area (Å²) in [6.07, 6.45) is 3.50. The van der Waals surface area contributed by atoms with Gasteiger partial charge in [-0.3, -0.25) is 4.79 Å². The minimum atomic E-state index is -0.250. The normalized spacial score (nSPS) is 17.3. The summed E-state index contributed by atoms with van der Waals surface area (Å²) in [5, 5.41) is 2.94. The molecule has 18 heavy (non-hydrogen) atoms. The summed E-state index contributed by atoms with van der Waals surface area (Å²) < 4.78 is 0. The first-order valence-corrected chi connectivity index (χ1v) is 6.67. The van der Waals surface area contributed by atoms with Gasteiger partial charge in [0.05, 0.1) is 0 Å². The topological polar surface area (TPSA) is 55.1 Å². The Bertz CT molecular complexity index is 436. The second-order valence-electron chi connectivity index (χ2n) is 5.72. The third-order valence-corrected chi connectivity index (χ3v) is 3.70. The van der Waals surface area contributed by atoms with Crippen molar-refractivity contribution in [3.8, 4) is 0 Å². The van der Waals surface area contributed by atoms with Crippen LogP contribution in [0.1, 0.15) is 51.0 Å². The maximum Gasteiger partial charge on any atom is 0.226 e. The summed E-state index contributed by atoms with van der Waals surface area (Å²) in [5.74, 6) is 0.493. The van der Waals surface area contributed by atoms with Gasteiger partial charge in [0.1, 0.15) is 0 Å². The van der Waals surface area contributed by atoms with Crippen LogP contribution in [0.2, 0.25) is 0 Å². The number of hydrogen-bond acceptors (Lipinski definition) is 2. The van der Waals surface area contributed by atoms with Gasteiger partial charge in [0.25, 0.3) is 0 Å². The van der Waals surface area contributed by atoms with Crippen LogP contribution in [0.4, 0.5) is 5.69 Å². The highest BCUT2D eigenvalue weighted by Crippen LogP contribution is 2.32. The van der Waals surface area contributed by atoms with Crippen molar-refractivity contribution >= 4 is 11.6 Å². The van der Waals surface area contributed by atoms with Crippen LogP contribution in [0, 0.1) is 0 Å². The van der Waals surface area contributed by atoms with Gasteiger partial charge >= 0.3 is 0 Å². The molecule has 1 aromatic carbocycles. The quantitative estimate of drug-likeness (QED) is 0.858. The molecule has 0 bridgehead atoms. The summed E-state index contributed by atoms with van der Waals surface area (Å²) >= 11 is 0. The molecule has 0 aliphatic heterocycles. The van der Waals surface area contributed by atoms with Crippen molar-refractivity contribution in [3.63, 3.8) is 0 Å². The van der Waals surface area contributed by atoms with Crippen molar-refractivity contribution in [2.75, 3.05) is 5.32 Å². The molecule has 3 nitrogen and oxygen atoms in total. The van der Waals surface area contributed by atoms with Crippen molar-refractivity contribution < 1.29 is 4.79 Å². The predicted octanol–water partition coefficient (Wildman–Crippen LogP) is 3.02. The second kappa shape index (κ2) is 5.11. The molecule has 0 radical (unpaired) electrons. The molecule has 0 unspecified atom stereocenters. The van der Waals surface area contributed by atoms with Gasteiger partial charge in [-0.15, -0.1) is 0 Å². The summed E-state index contributed by atoms with van der Waals surface area (Å²) in [7, 11) is 0. The number of amides is 1. The maximum absolute atomic E-state index is 11.9. The van der Waals surface area contributed by atoms with Crippen molar-refractivity contribution in [1.82, 2.24) is 0 Å². The Hall–Kier alpha value is -1.35. The third kappa shape index (κ3) is 3.10. The van der Waals surface area contributed by atoms with E-state index in [1.165, 1.54) is 5.56 Å². The zero-order valence-electron chi connectivity index (χ0n) is 11.2. The van der Waals surface area contributed by atoms with Crippen molar-refractivity contribution in [2.45, 2.75) is 51.0 Å². The summed E-state index contributed by atoms with van der Waals surface area (Å²) in [6, 6.07) is 8.02. The first-order valence-electron chi connectivity index (χ1n) is 6.67. The van der Waals surface area contributed by atoms with Crippen LogP contribution < -0.4 is 11.1 Å². The van der Waals surface area contributed by atoms with E-state index in [9.17, 15) is 4.79 Å². The van der Waals surface area contributed by atoms with Gasteiger partial charge < -0.3 is 11.1 Å².